The molecule has 0 saturated carbocycles. The van der Waals surface area contributed by atoms with E-state index in [4.69, 9.17) is 17.8 Å². The highest BCUT2D eigenvalue weighted by Gasteiger charge is 2.22. The first kappa shape index (κ1) is 34.8. The summed E-state index contributed by atoms with van der Waals surface area (Å²) in [4.78, 5) is 0. The van der Waals surface area contributed by atoms with Crippen molar-refractivity contribution in [1.29, 1.82) is 0 Å². The van der Waals surface area contributed by atoms with Gasteiger partial charge in [0.2, 0.25) is 0 Å². The normalized spacial score (nSPS) is 13.0. The Morgan fingerprint density at radius 1 is 0.478 bits per heavy atom. The molecule has 0 aliphatic rings. The first-order chi connectivity index (χ1) is 22.0. The predicted molar refractivity (Wildman–Crippen MR) is 181 cm³/mol. The van der Waals surface area contributed by atoms with E-state index in [9.17, 15) is 16.8 Å². The van der Waals surface area contributed by atoms with E-state index in [0.29, 0.717) is 11.5 Å². The molecule has 4 aromatic rings. The van der Waals surface area contributed by atoms with Crippen molar-refractivity contribution in [2.45, 2.75) is 52.4 Å². The molecule has 0 heterocycles. The second-order valence-corrected chi connectivity index (χ2v) is 14.6. The lowest BCUT2D eigenvalue weighted by Crippen LogP contribution is -2.19. The fourth-order valence-electron chi connectivity index (χ4n) is 5.21. The van der Waals surface area contributed by atoms with Gasteiger partial charge in [-0.25, -0.2) is 0 Å². The summed E-state index contributed by atoms with van der Waals surface area (Å²) < 4.78 is 71.1. The molecular weight excluding hydrogens is 625 g/mol. The maximum Gasteiger partial charge on any atom is 0.312 e. The molecule has 0 aliphatic carbocycles. The first-order valence-electron chi connectivity index (χ1n) is 15.4. The third-order valence-corrected chi connectivity index (χ3v) is 9.90. The molecule has 2 atom stereocenters. The Morgan fingerprint density at radius 2 is 0.783 bits per heavy atom. The monoisotopic (exact) mass is 666 g/mol. The summed E-state index contributed by atoms with van der Waals surface area (Å²) in [6.45, 7) is 8.11. The molecule has 0 radical (unpaired) electrons. The van der Waals surface area contributed by atoms with Gasteiger partial charge in [-0.05, 0) is 98.2 Å². The van der Waals surface area contributed by atoms with Crippen LogP contribution in [0.5, 0.6) is 23.0 Å². The van der Waals surface area contributed by atoms with Crippen LogP contribution in [0.3, 0.4) is 0 Å². The molecule has 0 aromatic heterocycles. The molecule has 0 bridgehead atoms. The van der Waals surface area contributed by atoms with Crippen LogP contribution >= 0.6 is 0 Å². The zero-order valence-electron chi connectivity index (χ0n) is 26.7. The number of hydrogen-bond donors (Lipinski definition) is 0. The quantitative estimate of drug-likeness (QED) is 0.106. The molecule has 4 rings (SSSR count). The van der Waals surface area contributed by atoms with Gasteiger partial charge in [-0.3, -0.25) is 0 Å². The number of hydrogen-bond acceptors (Lipinski definition) is 8. The Balaban J connectivity index is 1.28. The molecule has 0 aliphatic heterocycles. The maximum absolute atomic E-state index is 12.3. The Kier molecular flexibility index (Phi) is 12.1. The van der Waals surface area contributed by atoms with Crippen LogP contribution in [0.1, 0.15) is 60.8 Å². The van der Waals surface area contributed by atoms with E-state index < -0.39 is 20.2 Å². The third kappa shape index (κ3) is 10.5. The highest BCUT2D eigenvalue weighted by atomic mass is 32.2. The summed E-state index contributed by atoms with van der Waals surface area (Å²) in [7, 11) is -7.57. The Labute approximate surface area is 273 Å². The highest BCUT2D eigenvalue weighted by molar-refractivity contribution is 7.87. The fraction of sp³-hybridized carbons (Fsp3) is 0.333. The minimum Gasteiger partial charge on any atom is -0.492 e. The van der Waals surface area contributed by atoms with Crippen LogP contribution in [0.2, 0.25) is 0 Å². The number of ether oxygens (including phenoxy) is 2. The summed E-state index contributed by atoms with van der Waals surface area (Å²) in [6.07, 6.45) is 1.84. The van der Waals surface area contributed by atoms with Crippen molar-refractivity contribution in [1.82, 2.24) is 0 Å². The Hall–Kier alpha value is -4.02. The van der Waals surface area contributed by atoms with Crippen LogP contribution in [0.4, 0.5) is 0 Å². The van der Waals surface area contributed by atoms with Crippen LogP contribution in [-0.2, 0) is 20.2 Å². The summed E-state index contributed by atoms with van der Waals surface area (Å²) in [6, 6.07) is 29.3. The number of aryl methyl sites for hydroxylation is 2. The maximum atomic E-state index is 12.3. The van der Waals surface area contributed by atoms with E-state index in [0.717, 1.165) is 35.1 Å². The minimum absolute atomic E-state index is 0.0253. The van der Waals surface area contributed by atoms with Gasteiger partial charge < -0.3 is 17.8 Å². The Bertz CT molecular complexity index is 1600. The van der Waals surface area contributed by atoms with Crippen molar-refractivity contribution in [3.8, 4) is 23.0 Å². The van der Waals surface area contributed by atoms with E-state index in [2.05, 4.69) is 13.8 Å². The molecule has 8 nitrogen and oxygen atoms in total. The van der Waals surface area contributed by atoms with Crippen LogP contribution in [-0.4, -0.2) is 41.6 Å². The van der Waals surface area contributed by atoms with Crippen LogP contribution in [0, 0.1) is 13.8 Å². The van der Waals surface area contributed by atoms with Gasteiger partial charge in [0.05, 0.1) is 0 Å². The second-order valence-electron chi connectivity index (χ2n) is 11.2. The van der Waals surface area contributed by atoms with Crippen molar-refractivity contribution in [2.75, 3.05) is 24.7 Å². The zero-order valence-corrected chi connectivity index (χ0v) is 28.4. The van der Waals surface area contributed by atoms with Crippen molar-refractivity contribution >= 4 is 20.2 Å². The van der Waals surface area contributed by atoms with Gasteiger partial charge in [0.1, 0.15) is 47.7 Å². The lowest BCUT2D eigenvalue weighted by atomic mass is 9.78. The summed E-state index contributed by atoms with van der Waals surface area (Å²) in [5.74, 6) is 1.70. The van der Waals surface area contributed by atoms with E-state index in [1.807, 2.05) is 62.4 Å². The SMILES string of the molecule is CC[C@@H](c1ccc(OCCS(=O)(=O)Oc2ccc(C)cc2)cc1)[C@@H](CC)c1ccc(OCCS(=O)(=O)Oc2ccc(C)cc2)cc1. The molecule has 4 aromatic carbocycles. The third-order valence-electron chi connectivity index (χ3n) is 7.67. The van der Waals surface area contributed by atoms with Crippen molar-refractivity contribution in [3.63, 3.8) is 0 Å². The van der Waals surface area contributed by atoms with Gasteiger partial charge in [0.25, 0.3) is 0 Å². The molecule has 0 spiro atoms. The molecule has 0 fully saturated rings. The second kappa shape index (κ2) is 16.0. The molecule has 0 N–H and O–H groups in total. The highest BCUT2D eigenvalue weighted by Crippen LogP contribution is 2.39. The van der Waals surface area contributed by atoms with Gasteiger partial charge in [-0.2, -0.15) is 16.8 Å². The molecular formula is C36H42O8S2. The van der Waals surface area contributed by atoms with Gasteiger partial charge in [-0.1, -0.05) is 73.5 Å². The fourth-order valence-corrected chi connectivity index (χ4v) is 6.77. The lowest BCUT2D eigenvalue weighted by Gasteiger charge is -2.26. The predicted octanol–water partition coefficient (Wildman–Crippen LogP) is 7.57. The van der Waals surface area contributed by atoms with E-state index in [1.165, 1.54) is 0 Å². The van der Waals surface area contributed by atoms with Gasteiger partial charge in [0.15, 0.2) is 0 Å². The average molecular weight is 667 g/mol. The lowest BCUT2D eigenvalue weighted by molar-refractivity contribution is 0.335. The average Bonchev–Trinajstić information content (AvgIpc) is 3.02. The van der Waals surface area contributed by atoms with E-state index in [1.54, 1.807) is 48.5 Å². The van der Waals surface area contributed by atoms with E-state index >= 15 is 0 Å². The van der Waals surface area contributed by atoms with Crippen molar-refractivity contribution in [2.24, 2.45) is 0 Å². The molecule has 0 unspecified atom stereocenters. The minimum atomic E-state index is -3.78. The summed E-state index contributed by atoms with van der Waals surface area (Å²) in [5, 5.41) is 0. The van der Waals surface area contributed by atoms with Crippen molar-refractivity contribution in [3.05, 3.63) is 119 Å². The zero-order chi connectivity index (χ0) is 33.2. The molecule has 10 heteroatoms. The van der Waals surface area contributed by atoms with Crippen LogP contribution in [0.15, 0.2) is 97.1 Å². The van der Waals surface area contributed by atoms with Gasteiger partial charge >= 0.3 is 20.2 Å². The smallest absolute Gasteiger partial charge is 0.312 e. The number of benzene rings is 4. The summed E-state index contributed by atoms with van der Waals surface area (Å²) >= 11 is 0. The van der Waals surface area contributed by atoms with E-state index in [-0.39, 0.29) is 48.1 Å². The Morgan fingerprint density at radius 3 is 1.09 bits per heavy atom. The molecule has 246 valence electrons. The van der Waals surface area contributed by atoms with Crippen molar-refractivity contribution < 1.29 is 34.7 Å². The first-order valence-corrected chi connectivity index (χ1v) is 18.6. The van der Waals surface area contributed by atoms with Crippen LogP contribution < -0.4 is 17.8 Å². The standard InChI is InChI=1S/C36H42O8S2/c1-5-35(29-11-19-31(20-12-29)41-23-25-45(37,38)43-33-15-7-27(3)8-16-33)36(6-2)30-13-21-32(22-14-30)42-24-26-46(39,40)44-34-17-9-28(4)10-18-34/h7-22,35-36H,5-6,23-26H2,1-4H3/t35-,36-/m0/s1. The number of rotatable bonds is 17. The van der Waals surface area contributed by atoms with Crippen LogP contribution in [0.25, 0.3) is 0 Å². The summed E-state index contributed by atoms with van der Waals surface area (Å²) in [5.41, 5.74) is 4.36. The molecule has 0 amide bonds. The largest absolute Gasteiger partial charge is 0.492 e. The molecule has 0 saturated heterocycles. The van der Waals surface area contributed by atoms with Gasteiger partial charge in [0, 0.05) is 0 Å². The molecule has 46 heavy (non-hydrogen) atoms. The topological polar surface area (TPSA) is 105 Å². The van der Waals surface area contributed by atoms with Gasteiger partial charge in [-0.15, -0.1) is 0 Å².